The fourth-order valence-electron chi connectivity index (χ4n) is 5.74. The summed E-state index contributed by atoms with van der Waals surface area (Å²) in [4.78, 5) is 16.8. The summed E-state index contributed by atoms with van der Waals surface area (Å²) < 4.78 is 14.7. The molecule has 31 heavy (non-hydrogen) atoms. The predicted octanol–water partition coefficient (Wildman–Crippen LogP) is 2.55. The van der Waals surface area contributed by atoms with Gasteiger partial charge in [0.2, 0.25) is 5.91 Å². The zero-order valence-electron chi connectivity index (χ0n) is 17.0. The second-order valence-corrected chi connectivity index (χ2v) is 8.91. The number of pyridine rings is 1. The Bertz CT molecular complexity index is 1120. The van der Waals surface area contributed by atoms with Gasteiger partial charge in [-0.3, -0.25) is 4.79 Å². The van der Waals surface area contributed by atoms with Gasteiger partial charge in [-0.2, -0.15) is 10.5 Å². The quantitative estimate of drug-likeness (QED) is 0.782. The third-order valence-electron chi connectivity index (χ3n) is 7.27. The SMILES string of the molecule is C[C@H]1[C@H]2[C@H]3C[C@H](N[C@@H]3C(=O)N[C@H](C#N)Cc3ccc(-c4ccc(C#N)nc4)cc3F)[C@@H]12. The highest BCUT2D eigenvalue weighted by atomic mass is 19.1. The normalized spacial score (nSPS) is 30.7. The van der Waals surface area contributed by atoms with Crippen LogP contribution in [0.15, 0.2) is 36.5 Å². The number of aromatic nitrogens is 1. The van der Waals surface area contributed by atoms with E-state index in [2.05, 4.69) is 28.6 Å². The van der Waals surface area contributed by atoms with Crippen LogP contribution in [0.1, 0.15) is 24.6 Å². The molecule has 2 aromatic rings. The smallest absolute Gasteiger partial charge is 0.238 e. The maximum absolute atomic E-state index is 14.7. The van der Waals surface area contributed by atoms with Gasteiger partial charge in [0.05, 0.1) is 12.1 Å². The number of carbonyl (C=O) groups is 1. The Hall–Kier alpha value is -3.29. The summed E-state index contributed by atoms with van der Waals surface area (Å²) in [5.41, 5.74) is 2.00. The average molecular weight is 415 g/mol. The van der Waals surface area contributed by atoms with Gasteiger partial charge in [-0.1, -0.05) is 19.1 Å². The Morgan fingerprint density at radius 2 is 2.10 bits per heavy atom. The highest BCUT2D eigenvalue weighted by Gasteiger charge is 2.67. The van der Waals surface area contributed by atoms with E-state index in [0.29, 0.717) is 52.1 Å². The first-order valence-corrected chi connectivity index (χ1v) is 10.6. The summed E-state index contributed by atoms with van der Waals surface area (Å²) in [6.45, 7) is 2.24. The number of amides is 1. The van der Waals surface area contributed by atoms with Crippen LogP contribution in [0.3, 0.4) is 0 Å². The van der Waals surface area contributed by atoms with E-state index in [1.807, 2.05) is 6.07 Å². The van der Waals surface area contributed by atoms with E-state index >= 15 is 0 Å². The summed E-state index contributed by atoms with van der Waals surface area (Å²) in [5, 5.41) is 24.6. The van der Waals surface area contributed by atoms with Crippen molar-refractivity contribution in [2.24, 2.45) is 23.7 Å². The zero-order chi connectivity index (χ0) is 21.7. The molecule has 3 fully saturated rings. The minimum absolute atomic E-state index is 0.100. The molecule has 2 N–H and O–H groups in total. The summed E-state index contributed by atoms with van der Waals surface area (Å²) in [7, 11) is 0. The lowest BCUT2D eigenvalue weighted by Crippen LogP contribution is -2.51. The number of piperidine rings is 1. The number of hydrogen-bond donors (Lipinski definition) is 2. The van der Waals surface area contributed by atoms with E-state index in [0.717, 1.165) is 6.42 Å². The van der Waals surface area contributed by atoms with Crippen molar-refractivity contribution in [1.29, 1.82) is 10.5 Å². The van der Waals surface area contributed by atoms with Crippen LogP contribution in [-0.2, 0) is 11.2 Å². The van der Waals surface area contributed by atoms with Gasteiger partial charge in [-0.15, -0.1) is 0 Å². The molecule has 3 aliphatic rings. The van der Waals surface area contributed by atoms with E-state index in [-0.39, 0.29) is 18.4 Å². The van der Waals surface area contributed by atoms with Gasteiger partial charge in [-0.25, -0.2) is 9.37 Å². The molecule has 1 amide bonds. The first-order valence-electron chi connectivity index (χ1n) is 10.6. The standard InChI is InChI=1S/C24H22FN5O/c1-12-21-18-8-20(22(12)21)30-23(18)24(31)29-17(10-27)6-14-3-2-13(7-19(14)25)15-4-5-16(9-26)28-11-15/h2-5,7,11-12,17-18,20-23,30H,6,8H2,1H3,(H,29,31)/t12-,17-,18+,20-,21-,22+,23-/m0/s1. The molecule has 1 saturated heterocycles. The number of halogens is 1. The van der Waals surface area contributed by atoms with Crippen LogP contribution in [0.25, 0.3) is 11.1 Å². The molecule has 2 aliphatic carbocycles. The van der Waals surface area contributed by atoms with Gasteiger partial charge < -0.3 is 10.6 Å². The van der Waals surface area contributed by atoms with Crippen LogP contribution in [0.4, 0.5) is 4.39 Å². The Morgan fingerprint density at radius 3 is 2.74 bits per heavy atom. The summed E-state index contributed by atoms with van der Waals surface area (Å²) >= 11 is 0. The van der Waals surface area contributed by atoms with Crippen LogP contribution < -0.4 is 10.6 Å². The van der Waals surface area contributed by atoms with Crippen molar-refractivity contribution >= 4 is 5.91 Å². The Balaban J connectivity index is 1.24. The largest absolute Gasteiger partial charge is 0.339 e. The molecule has 1 aromatic heterocycles. The van der Waals surface area contributed by atoms with Crippen LogP contribution >= 0.6 is 0 Å². The first kappa shape index (κ1) is 19.7. The van der Waals surface area contributed by atoms with Gasteiger partial charge in [-0.05, 0) is 59.4 Å². The van der Waals surface area contributed by atoms with Crippen molar-refractivity contribution in [2.75, 3.05) is 0 Å². The van der Waals surface area contributed by atoms with E-state index in [1.165, 1.54) is 12.3 Å². The highest BCUT2D eigenvalue weighted by molar-refractivity contribution is 5.83. The maximum Gasteiger partial charge on any atom is 0.238 e. The van der Waals surface area contributed by atoms with Gasteiger partial charge in [0, 0.05) is 24.2 Å². The summed E-state index contributed by atoms with van der Waals surface area (Å²) in [6, 6.07) is 11.5. The number of nitrogens with one attached hydrogen (secondary N) is 2. The zero-order valence-corrected chi connectivity index (χ0v) is 17.0. The van der Waals surface area contributed by atoms with Crippen LogP contribution in [0, 0.1) is 52.2 Å². The summed E-state index contributed by atoms with van der Waals surface area (Å²) in [5.74, 6) is 1.77. The molecule has 2 heterocycles. The van der Waals surface area contributed by atoms with Gasteiger partial charge in [0.25, 0.3) is 0 Å². The Morgan fingerprint density at radius 1 is 1.29 bits per heavy atom. The van der Waals surface area contributed by atoms with Gasteiger partial charge >= 0.3 is 0 Å². The second kappa shape index (κ2) is 7.44. The predicted molar refractivity (Wildman–Crippen MR) is 111 cm³/mol. The van der Waals surface area contributed by atoms with Crippen LogP contribution in [-0.4, -0.2) is 29.0 Å². The molecule has 1 aromatic carbocycles. The molecule has 2 bridgehead atoms. The van der Waals surface area contributed by atoms with E-state index in [9.17, 15) is 14.4 Å². The van der Waals surface area contributed by atoms with Crippen molar-refractivity contribution in [2.45, 2.75) is 37.9 Å². The first-order chi connectivity index (χ1) is 15.0. The molecule has 0 spiro atoms. The van der Waals surface area contributed by atoms with E-state index < -0.39 is 11.9 Å². The molecule has 0 unspecified atom stereocenters. The van der Waals surface area contributed by atoms with Crippen LogP contribution in [0.5, 0.6) is 0 Å². The van der Waals surface area contributed by atoms with Gasteiger partial charge in [0.15, 0.2) is 0 Å². The molecule has 7 atom stereocenters. The monoisotopic (exact) mass is 415 g/mol. The molecular formula is C24H22FN5O. The van der Waals surface area contributed by atoms with Crippen molar-refractivity contribution in [3.8, 4) is 23.3 Å². The highest BCUT2D eigenvalue weighted by Crippen LogP contribution is 2.64. The lowest BCUT2D eigenvalue weighted by molar-refractivity contribution is -0.124. The lowest BCUT2D eigenvalue weighted by atomic mass is 9.94. The maximum atomic E-state index is 14.7. The van der Waals surface area contributed by atoms with Crippen LogP contribution in [0.2, 0.25) is 0 Å². The summed E-state index contributed by atoms with van der Waals surface area (Å²) in [6.07, 6.45) is 2.66. The minimum Gasteiger partial charge on any atom is -0.339 e. The Kier molecular flexibility index (Phi) is 4.72. The van der Waals surface area contributed by atoms with Crippen molar-refractivity contribution in [3.63, 3.8) is 0 Å². The lowest BCUT2D eigenvalue weighted by Gasteiger charge is -2.23. The van der Waals surface area contributed by atoms with Crippen molar-refractivity contribution < 1.29 is 9.18 Å². The number of hydrogen-bond acceptors (Lipinski definition) is 5. The van der Waals surface area contributed by atoms with Crippen molar-refractivity contribution in [3.05, 3.63) is 53.6 Å². The molecule has 0 radical (unpaired) electrons. The average Bonchev–Trinajstić information content (AvgIpc) is 3.12. The topological polar surface area (TPSA) is 102 Å². The van der Waals surface area contributed by atoms with E-state index in [4.69, 9.17) is 5.26 Å². The third kappa shape index (κ3) is 3.36. The molecule has 2 saturated carbocycles. The second-order valence-electron chi connectivity index (χ2n) is 8.91. The molecule has 7 heteroatoms. The van der Waals surface area contributed by atoms with E-state index in [1.54, 1.807) is 24.3 Å². The van der Waals surface area contributed by atoms with Gasteiger partial charge in [0.1, 0.15) is 23.6 Å². The number of fused-ring (bicyclic) bond motifs is 5. The Labute approximate surface area is 180 Å². The number of nitriles is 2. The number of benzene rings is 1. The number of rotatable bonds is 5. The minimum atomic E-state index is -0.794. The molecule has 156 valence electrons. The third-order valence-corrected chi connectivity index (χ3v) is 7.27. The number of carbonyl (C=O) groups excluding carboxylic acids is 1. The van der Waals surface area contributed by atoms with Crippen molar-refractivity contribution in [1.82, 2.24) is 15.6 Å². The fraction of sp³-hybridized carbons (Fsp3) is 0.417. The molecule has 6 nitrogen and oxygen atoms in total. The molecule has 1 aliphatic heterocycles. The fourth-order valence-corrected chi connectivity index (χ4v) is 5.74. The molecular weight excluding hydrogens is 393 g/mol. The molecule has 5 rings (SSSR count). The number of nitrogens with zero attached hydrogens (tertiary/aromatic N) is 3.